The van der Waals surface area contributed by atoms with Crippen LogP contribution in [-0.4, -0.2) is 33.2 Å². The molecule has 0 amide bonds. The number of aromatic amines is 1. The van der Waals surface area contributed by atoms with Gasteiger partial charge in [-0.3, -0.25) is 9.59 Å². The fourth-order valence-electron chi connectivity index (χ4n) is 2.00. The van der Waals surface area contributed by atoms with Crippen molar-refractivity contribution < 1.29 is 13.9 Å². The number of hydrogen-bond acceptors (Lipinski definition) is 8. The van der Waals surface area contributed by atoms with E-state index in [9.17, 15) is 9.59 Å². The number of ether oxygens (including phenoxy) is 1. The first-order chi connectivity index (χ1) is 12.1. The molecule has 0 radical (unpaired) electrons. The van der Waals surface area contributed by atoms with E-state index in [1.165, 1.54) is 24.9 Å². The lowest BCUT2D eigenvalue weighted by atomic mass is 10.2. The number of benzene rings is 1. The van der Waals surface area contributed by atoms with E-state index in [0.717, 1.165) is 5.56 Å². The number of thioether (sulfide) groups is 1. The highest BCUT2D eigenvalue weighted by molar-refractivity contribution is 7.98. The summed E-state index contributed by atoms with van der Waals surface area (Å²) >= 11 is 1.23. The summed E-state index contributed by atoms with van der Waals surface area (Å²) in [4.78, 5) is 29.8. The molecule has 8 nitrogen and oxygen atoms in total. The molecular formula is C16H14N4O4S. The lowest BCUT2D eigenvalue weighted by molar-refractivity contribution is -0.139. The summed E-state index contributed by atoms with van der Waals surface area (Å²) in [7, 11) is 1.28. The first-order valence-electron chi connectivity index (χ1n) is 7.31. The second-order valence-corrected chi connectivity index (χ2v) is 5.91. The van der Waals surface area contributed by atoms with E-state index in [1.807, 2.05) is 30.3 Å². The Morgan fingerprint density at radius 2 is 2.08 bits per heavy atom. The monoisotopic (exact) mass is 358 g/mol. The maximum atomic E-state index is 11.7. The average Bonchev–Trinajstić information content (AvgIpc) is 3.09. The Balaban J connectivity index is 1.69. The summed E-state index contributed by atoms with van der Waals surface area (Å²) in [5.74, 6) is 0.713. The van der Waals surface area contributed by atoms with E-state index >= 15 is 0 Å². The van der Waals surface area contributed by atoms with E-state index in [4.69, 9.17) is 4.42 Å². The van der Waals surface area contributed by atoms with Crippen LogP contribution in [0, 0.1) is 0 Å². The van der Waals surface area contributed by atoms with Crippen molar-refractivity contribution in [1.82, 2.24) is 20.2 Å². The van der Waals surface area contributed by atoms with Gasteiger partial charge in [-0.25, -0.2) is 4.98 Å². The van der Waals surface area contributed by atoms with Crippen molar-refractivity contribution in [3.63, 3.8) is 0 Å². The minimum atomic E-state index is -0.460. The maximum Gasteiger partial charge on any atom is 0.311 e. The number of hydrogen-bond donors (Lipinski definition) is 1. The molecule has 2 aromatic heterocycles. The molecule has 3 rings (SSSR count). The Morgan fingerprint density at radius 1 is 1.28 bits per heavy atom. The minimum absolute atomic E-state index is 0.0628. The average molecular weight is 358 g/mol. The molecule has 0 bridgehead atoms. The largest absolute Gasteiger partial charge is 0.469 e. The van der Waals surface area contributed by atoms with Gasteiger partial charge in [0.2, 0.25) is 11.8 Å². The van der Waals surface area contributed by atoms with Gasteiger partial charge in [0.1, 0.15) is 0 Å². The predicted molar refractivity (Wildman–Crippen MR) is 89.9 cm³/mol. The van der Waals surface area contributed by atoms with Crippen molar-refractivity contribution in [3.05, 3.63) is 58.3 Å². The molecule has 0 saturated heterocycles. The van der Waals surface area contributed by atoms with Crippen LogP contribution in [0.25, 0.3) is 11.5 Å². The number of methoxy groups -OCH3 is 1. The van der Waals surface area contributed by atoms with E-state index in [-0.39, 0.29) is 12.0 Å². The van der Waals surface area contributed by atoms with Gasteiger partial charge in [0, 0.05) is 11.6 Å². The van der Waals surface area contributed by atoms with Crippen molar-refractivity contribution >= 4 is 17.7 Å². The van der Waals surface area contributed by atoms with E-state index < -0.39 is 5.97 Å². The molecule has 3 aromatic rings. The number of nitrogens with one attached hydrogen (secondary N) is 1. The Morgan fingerprint density at radius 3 is 2.84 bits per heavy atom. The molecule has 0 atom stereocenters. The molecule has 2 heterocycles. The van der Waals surface area contributed by atoms with Gasteiger partial charge < -0.3 is 14.1 Å². The normalized spacial score (nSPS) is 10.6. The quantitative estimate of drug-likeness (QED) is 0.403. The van der Waals surface area contributed by atoms with Crippen molar-refractivity contribution in [2.24, 2.45) is 0 Å². The van der Waals surface area contributed by atoms with Crippen LogP contribution in [-0.2, 0) is 21.7 Å². The fraction of sp³-hybridized carbons (Fsp3) is 0.188. The molecule has 128 valence electrons. The molecule has 9 heteroatoms. The van der Waals surface area contributed by atoms with Crippen molar-refractivity contribution in [3.8, 4) is 11.5 Å². The predicted octanol–water partition coefficient (Wildman–Crippen LogP) is 1.83. The second-order valence-electron chi connectivity index (χ2n) is 4.95. The molecule has 0 aliphatic heterocycles. The van der Waals surface area contributed by atoms with Gasteiger partial charge in [-0.15, -0.1) is 10.2 Å². The SMILES string of the molecule is COC(=O)Cc1cc(=O)[nH]c(SCc2nnc(-c3ccccc3)o2)n1. The fourth-order valence-corrected chi connectivity index (χ4v) is 2.73. The van der Waals surface area contributed by atoms with Crippen LogP contribution in [0.3, 0.4) is 0 Å². The summed E-state index contributed by atoms with van der Waals surface area (Å²) in [5.41, 5.74) is 0.832. The van der Waals surface area contributed by atoms with Crippen molar-refractivity contribution in [1.29, 1.82) is 0 Å². The molecule has 0 spiro atoms. The minimum Gasteiger partial charge on any atom is -0.469 e. The third-order valence-electron chi connectivity index (χ3n) is 3.15. The Kier molecular flexibility index (Phi) is 5.24. The van der Waals surface area contributed by atoms with Gasteiger partial charge >= 0.3 is 5.97 Å². The summed E-state index contributed by atoms with van der Waals surface area (Å²) in [6, 6.07) is 10.7. The maximum absolute atomic E-state index is 11.7. The van der Waals surface area contributed by atoms with E-state index in [2.05, 4.69) is 24.9 Å². The van der Waals surface area contributed by atoms with E-state index in [1.54, 1.807) is 0 Å². The first kappa shape index (κ1) is 16.9. The highest BCUT2D eigenvalue weighted by Crippen LogP contribution is 2.21. The van der Waals surface area contributed by atoms with Gasteiger partial charge in [-0.05, 0) is 12.1 Å². The number of esters is 1. The molecular weight excluding hydrogens is 344 g/mol. The van der Waals surface area contributed by atoms with Crippen LogP contribution < -0.4 is 5.56 Å². The molecule has 0 saturated carbocycles. The van der Waals surface area contributed by atoms with Crippen molar-refractivity contribution in [2.45, 2.75) is 17.3 Å². The molecule has 0 unspecified atom stereocenters. The number of H-pyrrole nitrogens is 1. The van der Waals surface area contributed by atoms with Crippen LogP contribution in [0.5, 0.6) is 0 Å². The topological polar surface area (TPSA) is 111 Å². The summed E-state index contributed by atoms with van der Waals surface area (Å²) < 4.78 is 10.2. The summed E-state index contributed by atoms with van der Waals surface area (Å²) in [5, 5.41) is 8.35. The van der Waals surface area contributed by atoms with Crippen LogP contribution in [0.4, 0.5) is 0 Å². The second kappa shape index (κ2) is 7.75. The summed E-state index contributed by atoms with van der Waals surface area (Å²) in [6.45, 7) is 0. The van der Waals surface area contributed by atoms with Gasteiger partial charge in [0.05, 0.1) is 25.0 Å². The van der Waals surface area contributed by atoms with Gasteiger partial charge in [0.15, 0.2) is 5.16 Å². The lowest BCUT2D eigenvalue weighted by Gasteiger charge is -2.02. The van der Waals surface area contributed by atoms with Crippen LogP contribution in [0.2, 0.25) is 0 Å². The van der Waals surface area contributed by atoms with Crippen LogP contribution in [0.15, 0.2) is 50.8 Å². The standard InChI is InChI=1S/C16H14N4O4S/c1-23-14(22)8-11-7-12(21)18-16(17-11)25-9-13-19-20-15(24-13)10-5-3-2-4-6-10/h2-7H,8-9H2,1H3,(H,17,18,21). The van der Waals surface area contributed by atoms with Crippen molar-refractivity contribution in [2.75, 3.05) is 7.11 Å². The Hall–Kier alpha value is -2.94. The lowest BCUT2D eigenvalue weighted by Crippen LogP contribution is -2.13. The molecule has 0 fully saturated rings. The zero-order valence-corrected chi connectivity index (χ0v) is 14.1. The number of carbonyl (C=O) groups excluding carboxylic acids is 1. The zero-order valence-electron chi connectivity index (χ0n) is 13.3. The molecule has 0 aliphatic rings. The van der Waals surface area contributed by atoms with Crippen LogP contribution in [0.1, 0.15) is 11.6 Å². The molecule has 0 aliphatic carbocycles. The Labute approximate surface area is 146 Å². The molecule has 25 heavy (non-hydrogen) atoms. The Bertz CT molecular complexity index is 923. The summed E-state index contributed by atoms with van der Waals surface area (Å²) in [6.07, 6.45) is -0.0628. The third kappa shape index (κ3) is 4.54. The number of carbonyl (C=O) groups is 1. The van der Waals surface area contributed by atoms with Crippen LogP contribution >= 0.6 is 11.8 Å². The first-order valence-corrected chi connectivity index (χ1v) is 8.30. The highest BCUT2D eigenvalue weighted by atomic mass is 32.2. The highest BCUT2D eigenvalue weighted by Gasteiger charge is 2.11. The number of rotatable bonds is 6. The molecule has 1 N–H and O–H groups in total. The van der Waals surface area contributed by atoms with Gasteiger partial charge in [-0.1, -0.05) is 30.0 Å². The third-order valence-corrected chi connectivity index (χ3v) is 4.00. The zero-order chi connectivity index (χ0) is 17.6. The number of aromatic nitrogens is 4. The smallest absolute Gasteiger partial charge is 0.311 e. The molecule has 1 aromatic carbocycles. The van der Waals surface area contributed by atoms with Gasteiger partial charge in [0.25, 0.3) is 5.56 Å². The number of nitrogens with zero attached hydrogens (tertiary/aromatic N) is 3. The van der Waals surface area contributed by atoms with Gasteiger partial charge in [-0.2, -0.15) is 0 Å². The van der Waals surface area contributed by atoms with E-state index in [0.29, 0.717) is 28.4 Å².